The van der Waals surface area contributed by atoms with Crippen molar-refractivity contribution in [1.29, 1.82) is 0 Å². The van der Waals surface area contributed by atoms with Crippen LogP contribution in [0.5, 0.6) is 5.75 Å². The number of piperazine rings is 1. The van der Waals surface area contributed by atoms with E-state index in [-0.39, 0.29) is 17.9 Å². The second-order valence-corrected chi connectivity index (χ2v) is 8.37. The molecule has 2 aliphatic rings. The van der Waals surface area contributed by atoms with Gasteiger partial charge in [-0.25, -0.2) is 4.79 Å². The second kappa shape index (κ2) is 10.3. The van der Waals surface area contributed by atoms with Crippen molar-refractivity contribution in [3.63, 3.8) is 0 Å². The first-order valence-corrected chi connectivity index (χ1v) is 11.3. The summed E-state index contributed by atoms with van der Waals surface area (Å²) in [6.07, 6.45) is 4.38. The summed E-state index contributed by atoms with van der Waals surface area (Å²) >= 11 is 0. The third-order valence-electron chi connectivity index (χ3n) is 6.20. The Labute approximate surface area is 184 Å². The third-order valence-corrected chi connectivity index (χ3v) is 6.20. The molecular formula is C25H31N3O3. The Morgan fingerprint density at radius 3 is 2.16 bits per heavy atom. The SMILES string of the molecule is O=C(NCc1ccc(OCc2ccccc2)cc1)N1CCN(C(=O)C2CCCC2)CC1. The lowest BCUT2D eigenvalue weighted by Gasteiger charge is -2.36. The lowest BCUT2D eigenvalue weighted by molar-refractivity contribution is -0.136. The van der Waals surface area contributed by atoms with Crippen molar-refractivity contribution in [2.75, 3.05) is 26.2 Å². The number of hydrogen-bond donors (Lipinski definition) is 1. The molecule has 0 radical (unpaired) electrons. The van der Waals surface area contributed by atoms with Gasteiger partial charge in [0.2, 0.25) is 5.91 Å². The predicted molar refractivity (Wildman–Crippen MR) is 120 cm³/mol. The number of hydrogen-bond acceptors (Lipinski definition) is 3. The van der Waals surface area contributed by atoms with Gasteiger partial charge in [-0.1, -0.05) is 55.3 Å². The summed E-state index contributed by atoms with van der Waals surface area (Å²) < 4.78 is 5.81. The zero-order chi connectivity index (χ0) is 21.5. The Morgan fingerprint density at radius 1 is 0.839 bits per heavy atom. The third kappa shape index (κ3) is 5.78. The maximum Gasteiger partial charge on any atom is 0.317 e. The van der Waals surface area contributed by atoms with Crippen LogP contribution in [-0.2, 0) is 17.9 Å². The van der Waals surface area contributed by atoms with Crippen molar-refractivity contribution in [2.45, 2.75) is 38.8 Å². The first-order chi connectivity index (χ1) is 15.2. The molecule has 2 aromatic rings. The van der Waals surface area contributed by atoms with Crippen LogP contribution in [-0.4, -0.2) is 47.9 Å². The van der Waals surface area contributed by atoms with Crippen LogP contribution in [0.25, 0.3) is 0 Å². The van der Waals surface area contributed by atoms with E-state index in [1.54, 1.807) is 4.90 Å². The van der Waals surface area contributed by atoms with Gasteiger partial charge in [0.25, 0.3) is 0 Å². The number of urea groups is 1. The van der Waals surface area contributed by atoms with E-state index >= 15 is 0 Å². The molecule has 1 aliphatic carbocycles. The van der Waals surface area contributed by atoms with Crippen LogP contribution in [0, 0.1) is 5.92 Å². The number of benzene rings is 2. The quantitative estimate of drug-likeness (QED) is 0.772. The molecule has 0 aromatic heterocycles. The number of carbonyl (C=O) groups excluding carboxylic acids is 2. The summed E-state index contributed by atoms with van der Waals surface area (Å²) in [5.74, 6) is 1.30. The van der Waals surface area contributed by atoms with Crippen LogP contribution < -0.4 is 10.1 Å². The van der Waals surface area contributed by atoms with E-state index in [9.17, 15) is 9.59 Å². The molecule has 31 heavy (non-hydrogen) atoms. The van der Waals surface area contributed by atoms with Gasteiger partial charge in [-0.2, -0.15) is 0 Å². The van der Waals surface area contributed by atoms with Crippen LogP contribution in [0.2, 0.25) is 0 Å². The molecule has 0 bridgehead atoms. The minimum atomic E-state index is -0.0719. The van der Waals surface area contributed by atoms with Crippen LogP contribution in [0.4, 0.5) is 4.79 Å². The monoisotopic (exact) mass is 421 g/mol. The number of nitrogens with zero attached hydrogens (tertiary/aromatic N) is 2. The summed E-state index contributed by atoms with van der Waals surface area (Å²) in [5, 5.41) is 2.99. The summed E-state index contributed by atoms with van der Waals surface area (Å²) in [7, 11) is 0. The maximum absolute atomic E-state index is 12.5. The van der Waals surface area contributed by atoms with E-state index in [2.05, 4.69) is 5.32 Å². The zero-order valence-electron chi connectivity index (χ0n) is 18.0. The fraction of sp³-hybridized carbons (Fsp3) is 0.440. The highest BCUT2D eigenvalue weighted by Gasteiger charge is 2.30. The zero-order valence-corrected chi connectivity index (χ0v) is 18.0. The Hall–Kier alpha value is -3.02. The summed E-state index contributed by atoms with van der Waals surface area (Å²) in [6.45, 7) is 3.46. The molecule has 6 nitrogen and oxygen atoms in total. The van der Waals surface area contributed by atoms with E-state index in [1.165, 1.54) is 12.8 Å². The fourth-order valence-electron chi connectivity index (χ4n) is 4.29. The lowest BCUT2D eigenvalue weighted by Crippen LogP contribution is -2.53. The summed E-state index contributed by atoms with van der Waals surface area (Å²) in [6, 6.07) is 17.8. The summed E-state index contributed by atoms with van der Waals surface area (Å²) in [4.78, 5) is 28.8. The first-order valence-electron chi connectivity index (χ1n) is 11.3. The first kappa shape index (κ1) is 21.2. The molecule has 0 spiro atoms. The van der Waals surface area contributed by atoms with E-state index in [0.717, 1.165) is 29.7 Å². The molecule has 6 heteroatoms. The van der Waals surface area contributed by atoms with Crippen molar-refractivity contribution in [3.05, 3.63) is 65.7 Å². The van der Waals surface area contributed by atoms with Gasteiger partial charge in [0.05, 0.1) is 0 Å². The van der Waals surface area contributed by atoms with E-state index in [1.807, 2.05) is 59.5 Å². The average molecular weight is 422 g/mol. The van der Waals surface area contributed by atoms with Crippen molar-refractivity contribution in [2.24, 2.45) is 5.92 Å². The highest BCUT2D eigenvalue weighted by Crippen LogP contribution is 2.27. The number of ether oxygens (including phenoxy) is 1. The molecule has 4 rings (SSSR count). The van der Waals surface area contributed by atoms with Crippen LogP contribution in [0.1, 0.15) is 36.8 Å². The molecule has 0 unspecified atom stereocenters. The molecule has 1 heterocycles. The highest BCUT2D eigenvalue weighted by atomic mass is 16.5. The Balaban J connectivity index is 1.18. The van der Waals surface area contributed by atoms with Gasteiger partial charge in [-0.3, -0.25) is 4.79 Å². The molecular weight excluding hydrogens is 390 g/mol. The molecule has 0 atom stereocenters. The Kier molecular flexibility index (Phi) is 7.07. The Morgan fingerprint density at radius 2 is 1.48 bits per heavy atom. The summed E-state index contributed by atoms with van der Waals surface area (Å²) in [5.41, 5.74) is 2.15. The maximum atomic E-state index is 12.5. The van der Waals surface area contributed by atoms with E-state index in [0.29, 0.717) is 39.3 Å². The van der Waals surface area contributed by atoms with Crippen LogP contribution in [0.3, 0.4) is 0 Å². The van der Waals surface area contributed by atoms with Gasteiger partial charge >= 0.3 is 6.03 Å². The highest BCUT2D eigenvalue weighted by molar-refractivity contribution is 5.80. The normalized spacial score (nSPS) is 16.9. The van der Waals surface area contributed by atoms with Gasteiger partial charge < -0.3 is 19.9 Å². The average Bonchev–Trinajstić information content (AvgIpc) is 3.37. The molecule has 2 fully saturated rings. The minimum Gasteiger partial charge on any atom is -0.489 e. The van der Waals surface area contributed by atoms with E-state index in [4.69, 9.17) is 4.74 Å². The van der Waals surface area contributed by atoms with Crippen LogP contribution >= 0.6 is 0 Å². The van der Waals surface area contributed by atoms with Gasteiger partial charge in [-0.15, -0.1) is 0 Å². The molecule has 164 valence electrons. The molecule has 1 saturated carbocycles. The molecule has 1 N–H and O–H groups in total. The minimum absolute atomic E-state index is 0.0719. The predicted octanol–water partition coefficient (Wildman–Crippen LogP) is 3.81. The molecule has 1 saturated heterocycles. The molecule has 2 aromatic carbocycles. The lowest BCUT2D eigenvalue weighted by atomic mass is 10.1. The van der Waals surface area contributed by atoms with Crippen molar-refractivity contribution >= 4 is 11.9 Å². The molecule has 1 aliphatic heterocycles. The Bertz CT molecular complexity index is 855. The van der Waals surface area contributed by atoms with Crippen molar-refractivity contribution < 1.29 is 14.3 Å². The smallest absolute Gasteiger partial charge is 0.317 e. The van der Waals surface area contributed by atoms with Crippen molar-refractivity contribution in [1.82, 2.24) is 15.1 Å². The van der Waals surface area contributed by atoms with Crippen LogP contribution in [0.15, 0.2) is 54.6 Å². The second-order valence-electron chi connectivity index (χ2n) is 8.37. The van der Waals surface area contributed by atoms with Gasteiger partial charge in [0.1, 0.15) is 12.4 Å². The number of carbonyl (C=O) groups is 2. The van der Waals surface area contributed by atoms with Gasteiger partial charge in [0.15, 0.2) is 0 Å². The number of amides is 3. The number of rotatable bonds is 6. The van der Waals surface area contributed by atoms with E-state index < -0.39 is 0 Å². The fourth-order valence-corrected chi connectivity index (χ4v) is 4.29. The van der Waals surface area contributed by atoms with Gasteiger partial charge in [0, 0.05) is 38.6 Å². The topological polar surface area (TPSA) is 61.9 Å². The van der Waals surface area contributed by atoms with Crippen molar-refractivity contribution in [3.8, 4) is 5.75 Å². The van der Waals surface area contributed by atoms with Gasteiger partial charge in [-0.05, 0) is 36.1 Å². The standard InChI is InChI=1S/C25H31N3O3/c29-24(22-8-4-5-9-22)27-14-16-28(17-15-27)25(30)26-18-20-10-12-23(13-11-20)31-19-21-6-2-1-3-7-21/h1-3,6-7,10-13,22H,4-5,8-9,14-19H2,(H,26,30). The molecule has 3 amide bonds. The largest absolute Gasteiger partial charge is 0.489 e. The number of nitrogens with one attached hydrogen (secondary N) is 1.